The van der Waals surface area contributed by atoms with Gasteiger partial charge in [-0.05, 0) is 35.7 Å². The van der Waals surface area contributed by atoms with Crippen LogP contribution in [0.2, 0.25) is 0 Å². The van der Waals surface area contributed by atoms with Gasteiger partial charge in [0, 0.05) is 13.1 Å². The van der Waals surface area contributed by atoms with Gasteiger partial charge in [0.1, 0.15) is 0 Å². The molecule has 1 nitrogen and oxygen atoms in total. The highest BCUT2D eigenvalue weighted by molar-refractivity contribution is 5.20. The second-order valence-electron chi connectivity index (χ2n) is 6.20. The van der Waals surface area contributed by atoms with Crippen molar-refractivity contribution in [1.82, 2.24) is 5.32 Å². The van der Waals surface area contributed by atoms with Crippen LogP contribution in [0.25, 0.3) is 0 Å². The molecule has 94 valence electrons. The Hall–Kier alpha value is -0.820. The van der Waals surface area contributed by atoms with Gasteiger partial charge in [0.25, 0.3) is 0 Å². The van der Waals surface area contributed by atoms with E-state index in [0.717, 1.165) is 6.54 Å². The smallest absolute Gasteiger partial charge is 0.00228 e. The number of nitrogens with one attached hydrogen (secondary N) is 1. The Morgan fingerprint density at radius 2 is 1.82 bits per heavy atom. The van der Waals surface area contributed by atoms with Crippen molar-refractivity contribution in [2.24, 2.45) is 11.3 Å². The maximum atomic E-state index is 3.67. The Bertz CT molecular complexity index is 338. The van der Waals surface area contributed by atoms with Gasteiger partial charge < -0.3 is 5.32 Å². The molecule has 0 amide bonds. The highest BCUT2D eigenvalue weighted by Gasteiger charge is 2.36. The summed E-state index contributed by atoms with van der Waals surface area (Å²) >= 11 is 0. The molecule has 1 saturated carbocycles. The fourth-order valence-electron chi connectivity index (χ4n) is 2.36. The summed E-state index contributed by atoms with van der Waals surface area (Å²) in [4.78, 5) is 0. The van der Waals surface area contributed by atoms with Crippen molar-refractivity contribution < 1.29 is 0 Å². The average Bonchev–Trinajstić information content (AvgIpc) is 3.04. The Morgan fingerprint density at radius 3 is 2.35 bits per heavy atom. The minimum atomic E-state index is 0.609. The molecule has 1 aromatic carbocycles. The van der Waals surface area contributed by atoms with Gasteiger partial charge in [-0.1, -0.05) is 51.1 Å². The molecule has 0 saturated heterocycles. The lowest BCUT2D eigenvalue weighted by Gasteiger charge is -2.23. The van der Waals surface area contributed by atoms with Crippen LogP contribution < -0.4 is 5.32 Å². The van der Waals surface area contributed by atoms with Crippen molar-refractivity contribution in [1.29, 1.82) is 0 Å². The summed E-state index contributed by atoms with van der Waals surface area (Å²) in [6.07, 6.45) is 2.80. The first-order valence-electron chi connectivity index (χ1n) is 6.86. The van der Waals surface area contributed by atoms with E-state index in [9.17, 15) is 0 Å². The zero-order chi connectivity index (χ0) is 12.3. The summed E-state index contributed by atoms with van der Waals surface area (Å²) in [6.45, 7) is 9.31. The van der Waals surface area contributed by atoms with Gasteiger partial charge in [-0.3, -0.25) is 0 Å². The molecule has 1 unspecified atom stereocenters. The minimum absolute atomic E-state index is 0.609. The molecule has 1 atom stereocenters. The molecule has 0 heterocycles. The van der Waals surface area contributed by atoms with E-state index in [0.29, 0.717) is 17.3 Å². The Kier molecular flexibility index (Phi) is 3.88. The molecule has 0 radical (unpaired) electrons. The average molecular weight is 231 g/mol. The van der Waals surface area contributed by atoms with Gasteiger partial charge in [-0.15, -0.1) is 0 Å². The first-order valence-corrected chi connectivity index (χ1v) is 6.86. The van der Waals surface area contributed by atoms with Gasteiger partial charge in [0.2, 0.25) is 0 Å². The van der Waals surface area contributed by atoms with Crippen LogP contribution in [0, 0.1) is 11.3 Å². The lowest BCUT2D eigenvalue weighted by Crippen LogP contribution is -2.29. The summed E-state index contributed by atoms with van der Waals surface area (Å²) in [7, 11) is 0. The predicted octanol–water partition coefficient (Wildman–Crippen LogP) is 3.82. The molecule has 1 N–H and O–H groups in total. The monoisotopic (exact) mass is 231 g/mol. The van der Waals surface area contributed by atoms with Crippen LogP contribution in [-0.4, -0.2) is 13.1 Å². The molecule has 1 aliphatic rings. The van der Waals surface area contributed by atoms with E-state index in [1.807, 2.05) is 0 Å². The van der Waals surface area contributed by atoms with Crippen molar-refractivity contribution in [2.45, 2.75) is 39.5 Å². The highest BCUT2D eigenvalue weighted by Crippen LogP contribution is 2.44. The van der Waals surface area contributed by atoms with Crippen molar-refractivity contribution in [3.05, 3.63) is 35.9 Å². The lowest BCUT2D eigenvalue weighted by molar-refractivity contribution is 0.425. The van der Waals surface area contributed by atoms with E-state index >= 15 is 0 Å². The Morgan fingerprint density at radius 1 is 1.18 bits per heavy atom. The van der Waals surface area contributed by atoms with Gasteiger partial charge in [-0.25, -0.2) is 0 Å². The van der Waals surface area contributed by atoms with Crippen LogP contribution in [0.3, 0.4) is 0 Å². The molecule has 0 bridgehead atoms. The molecule has 1 heteroatoms. The van der Waals surface area contributed by atoms with Crippen molar-refractivity contribution in [3.63, 3.8) is 0 Å². The molecular formula is C16H25N. The molecule has 2 rings (SSSR count). The third kappa shape index (κ3) is 3.57. The van der Waals surface area contributed by atoms with Gasteiger partial charge >= 0.3 is 0 Å². The van der Waals surface area contributed by atoms with E-state index in [1.165, 1.54) is 24.9 Å². The van der Waals surface area contributed by atoms with Crippen LogP contribution >= 0.6 is 0 Å². The molecule has 1 aliphatic carbocycles. The molecule has 0 spiro atoms. The molecular weight excluding hydrogens is 206 g/mol. The van der Waals surface area contributed by atoms with E-state index in [4.69, 9.17) is 0 Å². The van der Waals surface area contributed by atoms with Crippen LogP contribution in [0.5, 0.6) is 0 Å². The SMILES string of the molecule is CC(C)C(CNCC1(C)CC1)c1ccccc1. The molecule has 0 aromatic heterocycles. The van der Waals surface area contributed by atoms with Crippen LogP contribution in [0.4, 0.5) is 0 Å². The molecule has 17 heavy (non-hydrogen) atoms. The topological polar surface area (TPSA) is 12.0 Å². The van der Waals surface area contributed by atoms with Gasteiger partial charge in [0.15, 0.2) is 0 Å². The summed E-state index contributed by atoms with van der Waals surface area (Å²) in [6, 6.07) is 10.9. The number of hydrogen-bond acceptors (Lipinski definition) is 1. The first-order chi connectivity index (χ1) is 8.11. The second-order valence-corrected chi connectivity index (χ2v) is 6.20. The van der Waals surface area contributed by atoms with Crippen molar-refractivity contribution in [2.75, 3.05) is 13.1 Å². The summed E-state index contributed by atoms with van der Waals surface area (Å²) < 4.78 is 0. The van der Waals surface area contributed by atoms with E-state index < -0.39 is 0 Å². The maximum Gasteiger partial charge on any atom is 0.00228 e. The Labute approximate surface area is 106 Å². The fourth-order valence-corrected chi connectivity index (χ4v) is 2.36. The van der Waals surface area contributed by atoms with Gasteiger partial charge in [-0.2, -0.15) is 0 Å². The van der Waals surface area contributed by atoms with Crippen LogP contribution in [0.15, 0.2) is 30.3 Å². The zero-order valence-electron chi connectivity index (χ0n) is 11.4. The first kappa shape index (κ1) is 12.6. The van der Waals surface area contributed by atoms with E-state index in [2.05, 4.69) is 56.4 Å². The minimum Gasteiger partial charge on any atom is -0.316 e. The van der Waals surface area contributed by atoms with Crippen LogP contribution in [-0.2, 0) is 0 Å². The number of benzene rings is 1. The van der Waals surface area contributed by atoms with Crippen molar-refractivity contribution >= 4 is 0 Å². The third-order valence-corrected chi connectivity index (χ3v) is 4.05. The molecule has 0 aliphatic heterocycles. The van der Waals surface area contributed by atoms with Gasteiger partial charge in [0.05, 0.1) is 0 Å². The predicted molar refractivity (Wildman–Crippen MR) is 74.2 cm³/mol. The number of hydrogen-bond donors (Lipinski definition) is 1. The Balaban J connectivity index is 1.89. The highest BCUT2D eigenvalue weighted by atomic mass is 14.9. The molecule has 1 aromatic rings. The summed E-state index contributed by atoms with van der Waals surface area (Å²) in [5.74, 6) is 1.33. The van der Waals surface area contributed by atoms with Crippen molar-refractivity contribution in [3.8, 4) is 0 Å². The fraction of sp³-hybridized carbons (Fsp3) is 0.625. The summed E-state index contributed by atoms with van der Waals surface area (Å²) in [5.41, 5.74) is 2.08. The maximum absolute atomic E-state index is 3.67. The second kappa shape index (κ2) is 5.22. The quantitative estimate of drug-likeness (QED) is 0.785. The zero-order valence-corrected chi connectivity index (χ0v) is 11.4. The number of rotatable bonds is 6. The largest absolute Gasteiger partial charge is 0.316 e. The van der Waals surface area contributed by atoms with Crippen LogP contribution in [0.1, 0.15) is 45.1 Å². The van der Waals surface area contributed by atoms with E-state index in [1.54, 1.807) is 0 Å². The normalized spacial score (nSPS) is 19.3. The summed E-state index contributed by atoms with van der Waals surface area (Å²) in [5, 5.41) is 3.67. The lowest BCUT2D eigenvalue weighted by atomic mass is 9.88. The molecule has 1 fully saturated rings. The van der Waals surface area contributed by atoms with E-state index in [-0.39, 0.29) is 0 Å². The third-order valence-electron chi connectivity index (χ3n) is 4.05. The standard InChI is InChI=1S/C16H25N/c1-13(2)15(14-7-5-4-6-8-14)11-17-12-16(3)9-10-16/h4-8,13,15,17H,9-12H2,1-3H3.